The summed E-state index contributed by atoms with van der Waals surface area (Å²) in [7, 11) is 0. The monoisotopic (exact) mass is 329 g/mol. The van der Waals surface area contributed by atoms with Gasteiger partial charge in [0.2, 0.25) is 5.89 Å². The summed E-state index contributed by atoms with van der Waals surface area (Å²) in [5.74, 6) is 2.22. The molecule has 2 aromatic heterocycles. The van der Waals surface area contributed by atoms with Crippen LogP contribution < -0.4 is 0 Å². The molecule has 1 aliphatic heterocycles. The minimum absolute atomic E-state index is 0.173. The van der Waals surface area contributed by atoms with E-state index in [2.05, 4.69) is 51.7 Å². The number of likely N-dealkylation sites (tertiary alicyclic amines) is 1. The van der Waals surface area contributed by atoms with Gasteiger partial charge in [0.15, 0.2) is 5.82 Å². The van der Waals surface area contributed by atoms with Crippen LogP contribution in [-0.2, 0) is 6.54 Å². The minimum atomic E-state index is 0.173. The van der Waals surface area contributed by atoms with E-state index in [1.165, 1.54) is 37.8 Å². The molecule has 6 heteroatoms. The predicted octanol–water partition coefficient (Wildman–Crippen LogP) is 3.38. The second kappa shape index (κ2) is 6.31. The topological polar surface area (TPSA) is 60.0 Å². The van der Waals surface area contributed by atoms with Crippen molar-refractivity contribution in [3.63, 3.8) is 0 Å². The quantitative estimate of drug-likeness (QED) is 0.841. The van der Waals surface area contributed by atoms with Gasteiger partial charge in [-0.2, -0.15) is 10.1 Å². The number of hydrogen-bond acceptors (Lipinski definition) is 5. The zero-order valence-electron chi connectivity index (χ0n) is 14.9. The van der Waals surface area contributed by atoms with Gasteiger partial charge in [0.05, 0.1) is 18.3 Å². The first-order valence-corrected chi connectivity index (χ1v) is 9.22. The summed E-state index contributed by atoms with van der Waals surface area (Å²) in [6, 6.07) is 2.80. The molecule has 24 heavy (non-hydrogen) atoms. The zero-order chi connectivity index (χ0) is 16.7. The summed E-state index contributed by atoms with van der Waals surface area (Å²) in [4.78, 5) is 7.20. The Labute approximate surface area is 143 Å². The van der Waals surface area contributed by atoms with E-state index in [4.69, 9.17) is 4.52 Å². The Morgan fingerprint density at radius 1 is 1.25 bits per heavy atom. The molecular formula is C18H27N5O. The van der Waals surface area contributed by atoms with Gasteiger partial charge in [-0.05, 0) is 59.1 Å². The maximum atomic E-state index is 5.58. The smallest absolute Gasteiger partial charge is 0.243 e. The predicted molar refractivity (Wildman–Crippen MR) is 90.7 cm³/mol. The van der Waals surface area contributed by atoms with E-state index in [9.17, 15) is 0 Å². The molecule has 6 nitrogen and oxygen atoms in total. The van der Waals surface area contributed by atoms with Crippen LogP contribution in [0.3, 0.4) is 0 Å². The van der Waals surface area contributed by atoms with Crippen LogP contribution in [0.1, 0.15) is 74.1 Å². The molecule has 0 bridgehead atoms. The molecule has 130 valence electrons. The third kappa shape index (κ3) is 3.11. The fourth-order valence-electron chi connectivity index (χ4n) is 3.85. The second-order valence-corrected chi connectivity index (χ2v) is 7.44. The van der Waals surface area contributed by atoms with Crippen molar-refractivity contribution >= 4 is 0 Å². The highest BCUT2D eigenvalue weighted by Gasteiger charge is 2.33. The summed E-state index contributed by atoms with van der Waals surface area (Å²) in [5, 5.41) is 8.84. The molecule has 2 atom stereocenters. The van der Waals surface area contributed by atoms with Gasteiger partial charge in [0.1, 0.15) is 0 Å². The molecule has 2 fully saturated rings. The normalized spacial score (nSPS) is 23.5. The van der Waals surface area contributed by atoms with Crippen molar-refractivity contribution in [2.24, 2.45) is 0 Å². The number of aryl methyl sites for hydroxylation is 2. The highest BCUT2D eigenvalue weighted by molar-refractivity contribution is 5.07. The van der Waals surface area contributed by atoms with Crippen LogP contribution in [-0.4, -0.2) is 37.4 Å². The van der Waals surface area contributed by atoms with Gasteiger partial charge in [0, 0.05) is 17.7 Å². The summed E-state index contributed by atoms with van der Waals surface area (Å²) < 4.78 is 7.73. The molecule has 1 saturated carbocycles. The molecule has 2 aliphatic rings. The highest BCUT2D eigenvalue weighted by Crippen LogP contribution is 2.39. The van der Waals surface area contributed by atoms with Crippen molar-refractivity contribution in [1.82, 2.24) is 24.8 Å². The van der Waals surface area contributed by atoms with Gasteiger partial charge < -0.3 is 4.52 Å². The molecule has 0 N–H and O–H groups in total. The average Bonchev–Trinajstić information content (AvgIpc) is 3.22. The van der Waals surface area contributed by atoms with E-state index in [0.29, 0.717) is 12.0 Å². The van der Waals surface area contributed by atoms with Crippen LogP contribution in [0.4, 0.5) is 0 Å². The van der Waals surface area contributed by atoms with Crippen molar-refractivity contribution in [3.05, 3.63) is 29.2 Å². The summed E-state index contributed by atoms with van der Waals surface area (Å²) in [6.45, 7) is 8.42. The standard InChI is InChI=1S/C18H27N5O/c1-12-10-13(2)23(20-12)11-16-6-4-5-9-22(16)14(3)18-19-17(21-24-18)15-7-8-15/h10,14-16H,4-9,11H2,1-3H3/t14-,16-/m0/s1. The lowest BCUT2D eigenvalue weighted by atomic mass is 10.00. The van der Waals surface area contributed by atoms with Gasteiger partial charge in [-0.1, -0.05) is 11.6 Å². The van der Waals surface area contributed by atoms with Gasteiger partial charge in [-0.3, -0.25) is 9.58 Å². The number of rotatable bonds is 5. The van der Waals surface area contributed by atoms with Crippen molar-refractivity contribution < 1.29 is 4.52 Å². The van der Waals surface area contributed by atoms with E-state index in [0.717, 1.165) is 30.5 Å². The molecule has 3 heterocycles. The van der Waals surface area contributed by atoms with Gasteiger partial charge >= 0.3 is 0 Å². The lowest BCUT2D eigenvalue weighted by Gasteiger charge is -2.38. The van der Waals surface area contributed by atoms with Crippen molar-refractivity contribution in [3.8, 4) is 0 Å². The molecule has 4 rings (SSSR count). The molecule has 0 radical (unpaired) electrons. The van der Waals surface area contributed by atoms with Crippen LogP contribution in [0, 0.1) is 13.8 Å². The first-order valence-electron chi connectivity index (χ1n) is 9.22. The first-order chi connectivity index (χ1) is 11.6. The molecule has 0 amide bonds. The third-order valence-electron chi connectivity index (χ3n) is 5.41. The first kappa shape index (κ1) is 15.8. The number of nitrogens with zero attached hydrogens (tertiary/aromatic N) is 5. The highest BCUT2D eigenvalue weighted by atomic mass is 16.5. The second-order valence-electron chi connectivity index (χ2n) is 7.44. The maximum Gasteiger partial charge on any atom is 0.243 e. The number of piperidine rings is 1. The Morgan fingerprint density at radius 3 is 2.79 bits per heavy atom. The third-order valence-corrected chi connectivity index (χ3v) is 5.41. The van der Waals surface area contributed by atoms with Crippen LogP contribution in [0.5, 0.6) is 0 Å². The van der Waals surface area contributed by atoms with E-state index >= 15 is 0 Å². The Balaban J connectivity index is 1.50. The van der Waals surface area contributed by atoms with Gasteiger partial charge in [-0.25, -0.2) is 0 Å². The Bertz CT molecular complexity index is 702. The van der Waals surface area contributed by atoms with Crippen molar-refractivity contribution in [2.75, 3.05) is 6.54 Å². The fraction of sp³-hybridized carbons (Fsp3) is 0.722. The lowest BCUT2D eigenvalue weighted by molar-refractivity contribution is 0.0715. The summed E-state index contributed by atoms with van der Waals surface area (Å²) in [5.41, 5.74) is 2.33. The van der Waals surface area contributed by atoms with Crippen LogP contribution in [0.2, 0.25) is 0 Å². The van der Waals surface area contributed by atoms with E-state index in [1.807, 2.05) is 0 Å². The van der Waals surface area contributed by atoms with Gasteiger partial charge in [-0.15, -0.1) is 0 Å². The van der Waals surface area contributed by atoms with Gasteiger partial charge in [0.25, 0.3) is 0 Å². The number of hydrogen-bond donors (Lipinski definition) is 0. The largest absolute Gasteiger partial charge is 0.338 e. The Morgan fingerprint density at radius 2 is 2.08 bits per heavy atom. The van der Waals surface area contributed by atoms with E-state index in [-0.39, 0.29) is 6.04 Å². The molecular weight excluding hydrogens is 302 g/mol. The SMILES string of the molecule is Cc1cc(C)n(C[C@@H]2CCCCN2[C@@H](C)c2nc(C3CC3)no2)n1. The zero-order valence-corrected chi connectivity index (χ0v) is 14.9. The molecule has 1 aliphatic carbocycles. The maximum absolute atomic E-state index is 5.58. The summed E-state index contributed by atoms with van der Waals surface area (Å²) >= 11 is 0. The summed E-state index contributed by atoms with van der Waals surface area (Å²) in [6.07, 6.45) is 6.13. The Kier molecular flexibility index (Phi) is 4.16. The molecule has 1 saturated heterocycles. The average molecular weight is 329 g/mol. The fourth-order valence-corrected chi connectivity index (χ4v) is 3.85. The van der Waals surface area contributed by atoms with Crippen LogP contribution >= 0.6 is 0 Å². The molecule has 0 unspecified atom stereocenters. The number of aromatic nitrogens is 4. The van der Waals surface area contributed by atoms with Crippen molar-refractivity contribution in [2.45, 2.75) is 77.4 Å². The van der Waals surface area contributed by atoms with Crippen LogP contribution in [0.25, 0.3) is 0 Å². The Hall–Kier alpha value is -1.69. The van der Waals surface area contributed by atoms with Crippen LogP contribution in [0.15, 0.2) is 10.6 Å². The van der Waals surface area contributed by atoms with E-state index < -0.39 is 0 Å². The van der Waals surface area contributed by atoms with Crippen molar-refractivity contribution in [1.29, 1.82) is 0 Å². The minimum Gasteiger partial charge on any atom is -0.338 e. The molecule has 2 aromatic rings. The van der Waals surface area contributed by atoms with E-state index in [1.54, 1.807) is 0 Å². The lowest BCUT2D eigenvalue weighted by Crippen LogP contribution is -2.43. The molecule has 0 aromatic carbocycles. The molecule has 0 spiro atoms.